The van der Waals surface area contributed by atoms with Crippen molar-refractivity contribution in [3.05, 3.63) is 0 Å². The van der Waals surface area contributed by atoms with Gasteiger partial charge >= 0.3 is 5.97 Å². The van der Waals surface area contributed by atoms with Crippen LogP contribution in [0.4, 0.5) is 0 Å². The third-order valence-corrected chi connectivity index (χ3v) is 4.96. The number of carboxylic acid groups (broad SMARTS) is 1. The summed E-state index contributed by atoms with van der Waals surface area (Å²) in [7, 11) is 0. The summed E-state index contributed by atoms with van der Waals surface area (Å²) in [6, 6.07) is 0.859. The molecule has 0 aromatic rings. The molecule has 0 saturated carbocycles. The molecule has 3 aliphatic heterocycles. The highest BCUT2D eigenvalue weighted by molar-refractivity contribution is 5.71. The van der Waals surface area contributed by atoms with Crippen molar-refractivity contribution in [3.8, 4) is 0 Å². The third-order valence-electron chi connectivity index (χ3n) is 4.96. The van der Waals surface area contributed by atoms with Crippen molar-refractivity contribution in [1.82, 2.24) is 4.90 Å². The van der Waals surface area contributed by atoms with Crippen LogP contribution in [-0.2, 0) is 9.53 Å². The van der Waals surface area contributed by atoms with E-state index < -0.39 is 5.97 Å². The molecule has 3 rings (SSSR count). The fourth-order valence-electron chi connectivity index (χ4n) is 4.09. The molecule has 2 bridgehead atoms. The second-order valence-electron chi connectivity index (χ2n) is 5.99. The predicted molar refractivity (Wildman–Crippen MR) is 67.5 cm³/mol. The van der Waals surface area contributed by atoms with Gasteiger partial charge in [-0.2, -0.15) is 0 Å². The zero-order valence-corrected chi connectivity index (χ0v) is 10.9. The number of carbonyl (C=O) groups is 1. The van der Waals surface area contributed by atoms with E-state index in [9.17, 15) is 9.90 Å². The van der Waals surface area contributed by atoms with Crippen LogP contribution in [-0.4, -0.2) is 47.3 Å². The zero-order valence-electron chi connectivity index (χ0n) is 10.9. The number of rotatable bonds is 5. The Bertz CT molecular complexity index is 314. The molecule has 18 heavy (non-hydrogen) atoms. The molecule has 4 nitrogen and oxygen atoms in total. The highest BCUT2D eigenvalue weighted by atomic mass is 16.5. The average Bonchev–Trinajstić information content (AvgIpc) is 3.05. The highest BCUT2D eigenvalue weighted by Crippen LogP contribution is 2.41. The van der Waals surface area contributed by atoms with Crippen molar-refractivity contribution < 1.29 is 14.6 Å². The number of hydrogen-bond acceptors (Lipinski definition) is 3. The van der Waals surface area contributed by atoms with E-state index in [-0.39, 0.29) is 5.92 Å². The van der Waals surface area contributed by atoms with Crippen LogP contribution >= 0.6 is 0 Å². The molecule has 0 aliphatic carbocycles. The first-order valence-electron chi connectivity index (χ1n) is 7.36. The molecule has 4 heteroatoms. The average molecular weight is 253 g/mol. The fraction of sp³-hybridized carbons (Fsp3) is 0.929. The Morgan fingerprint density at radius 3 is 2.89 bits per heavy atom. The van der Waals surface area contributed by atoms with E-state index in [4.69, 9.17) is 4.74 Å². The van der Waals surface area contributed by atoms with Crippen LogP contribution in [0.3, 0.4) is 0 Å². The van der Waals surface area contributed by atoms with Gasteiger partial charge in [0.1, 0.15) is 0 Å². The summed E-state index contributed by atoms with van der Waals surface area (Å²) in [5, 5.41) is 9.20. The Kier molecular flexibility index (Phi) is 3.57. The van der Waals surface area contributed by atoms with Gasteiger partial charge in [-0.3, -0.25) is 9.69 Å². The first-order valence-corrected chi connectivity index (χ1v) is 7.36. The first kappa shape index (κ1) is 12.4. The van der Waals surface area contributed by atoms with E-state index >= 15 is 0 Å². The molecule has 4 atom stereocenters. The molecular formula is C14H23NO3. The summed E-state index contributed by atoms with van der Waals surface area (Å²) < 4.78 is 5.63. The lowest BCUT2D eigenvalue weighted by atomic mass is 9.89. The van der Waals surface area contributed by atoms with Crippen molar-refractivity contribution in [2.45, 2.75) is 63.1 Å². The van der Waals surface area contributed by atoms with E-state index in [2.05, 4.69) is 4.90 Å². The van der Waals surface area contributed by atoms with Crippen molar-refractivity contribution in [1.29, 1.82) is 0 Å². The van der Waals surface area contributed by atoms with E-state index in [1.54, 1.807) is 0 Å². The lowest BCUT2D eigenvalue weighted by molar-refractivity contribution is -0.142. The minimum atomic E-state index is -0.591. The Hall–Kier alpha value is -0.610. The monoisotopic (exact) mass is 253 g/mol. The number of nitrogens with zero attached hydrogens (tertiary/aromatic N) is 1. The maximum atomic E-state index is 11.2. The van der Waals surface area contributed by atoms with E-state index in [1.807, 2.05) is 0 Å². The van der Waals surface area contributed by atoms with Gasteiger partial charge in [0.15, 0.2) is 0 Å². The van der Waals surface area contributed by atoms with Crippen LogP contribution in [0.1, 0.15) is 44.9 Å². The number of ether oxygens (including phenoxy) is 1. The lowest BCUT2D eigenvalue weighted by Gasteiger charge is -2.23. The second kappa shape index (κ2) is 5.17. The lowest BCUT2D eigenvalue weighted by Crippen LogP contribution is -2.33. The Morgan fingerprint density at radius 1 is 1.33 bits per heavy atom. The molecule has 102 valence electrons. The fourth-order valence-corrected chi connectivity index (χ4v) is 4.09. The summed E-state index contributed by atoms with van der Waals surface area (Å²) in [5.41, 5.74) is 0. The van der Waals surface area contributed by atoms with Gasteiger partial charge in [0, 0.05) is 18.7 Å². The van der Waals surface area contributed by atoms with Gasteiger partial charge in [0.05, 0.1) is 12.0 Å². The number of fused-ring (bicyclic) bond motifs is 2. The van der Waals surface area contributed by atoms with Gasteiger partial charge in [-0.15, -0.1) is 0 Å². The van der Waals surface area contributed by atoms with Gasteiger partial charge in [0.25, 0.3) is 0 Å². The van der Waals surface area contributed by atoms with Crippen molar-refractivity contribution in [2.75, 3.05) is 13.2 Å². The van der Waals surface area contributed by atoms with Crippen molar-refractivity contribution in [3.63, 3.8) is 0 Å². The van der Waals surface area contributed by atoms with Crippen LogP contribution in [0.5, 0.6) is 0 Å². The molecule has 3 saturated heterocycles. The normalized spacial score (nSPS) is 39.6. The van der Waals surface area contributed by atoms with E-state index in [1.165, 1.54) is 19.3 Å². The Balaban J connectivity index is 1.47. The van der Waals surface area contributed by atoms with Crippen molar-refractivity contribution in [2.24, 2.45) is 5.92 Å². The molecule has 3 aliphatic rings. The number of hydrogen-bond donors (Lipinski definition) is 1. The number of carboxylic acids is 1. The van der Waals surface area contributed by atoms with Gasteiger partial charge in [-0.05, 0) is 51.5 Å². The third kappa shape index (κ3) is 2.28. The van der Waals surface area contributed by atoms with Crippen LogP contribution in [0.25, 0.3) is 0 Å². The summed E-state index contributed by atoms with van der Waals surface area (Å²) in [5.74, 6) is -0.696. The first-order chi connectivity index (χ1) is 8.75. The van der Waals surface area contributed by atoms with E-state index in [0.717, 1.165) is 38.8 Å². The van der Waals surface area contributed by atoms with Crippen LogP contribution in [0, 0.1) is 5.92 Å². The maximum absolute atomic E-state index is 11.2. The topological polar surface area (TPSA) is 49.8 Å². The summed E-state index contributed by atoms with van der Waals surface area (Å²) in [4.78, 5) is 13.6. The summed E-state index contributed by atoms with van der Waals surface area (Å²) >= 11 is 0. The standard InChI is InChI=1S/C14H23NO3/c16-14(17)12-9-10-5-6-13(12)15(10)7-1-3-11-4-2-8-18-11/h10-13H,1-9H2,(H,16,17). The van der Waals surface area contributed by atoms with E-state index in [0.29, 0.717) is 18.2 Å². The molecule has 0 amide bonds. The molecule has 0 aromatic carbocycles. The summed E-state index contributed by atoms with van der Waals surface area (Å²) in [6.07, 6.45) is 8.36. The van der Waals surface area contributed by atoms with Crippen molar-refractivity contribution >= 4 is 5.97 Å². The van der Waals surface area contributed by atoms with Gasteiger partial charge in [-0.1, -0.05) is 0 Å². The minimum Gasteiger partial charge on any atom is -0.481 e. The predicted octanol–water partition coefficient (Wildman–Crippen LogP) is 1.88. The molecule has 3 fully saturated rings. The largest absolute Gasteiger partial charge is 0.481 e. The minimum absolute atomic E-state index is 0.105. The molecule has 0 spiro atoms. The van der Waals surface area contributed by atoms with Crippen LogP contribution < -0.4 is 0 Å². The summed E-state index contributed by atoms with van der Waals surface area (Å²) in [6.45, 7) is 2.00. The molecule has 0 aromatic heterocycles. The smallest absolute Gasteiger partial charge is 0.308 e. The quantitative estimate of drug-likeness (QED) is 0.813. The van der Waals surface area contributed by atoms with Crippen LogP contribution in [0.15, 0.2) is 0 Å². The highest BCUT2D eigenvalue weighted by Gasteiger charge is 2.48. The molecule has 0 radical (unpaired) electrons. The Morgan fingerprint density at radius 2 is 2.22 bits per heavy atom. The van der Waals surface area contributed by atoms with Gasteiger partial charge in [-0.25, -0.2) is 0 Å². The molecule has 4 unspecified atom stereocenters. The Labute approximate surface area is 108 Å². The maximum Gasteiger partial charge on any atom is 0.308 e. The second-order valence-corrected chi connectivity index (χ2v) is 5.99. The van der Waals surface area contributed by atoms with Crippen LogP contribution in [0.2, 0.25) is 0 Å². The van der Waals surface area contributed by atoms with Gasteiger partial charge in [0.2, 0.25) is 0 Å². The molecule has 3 heterocycles. The van der Waals surface area contributed by atoms with Gasteiger partial charge < -0.3 is 9.84 Å². The molecular weight excluding hydrogens is 230 g/mol. The zero-order chi connectivity index (χ0) is 12.5. The molecule has 1 N–H and O–H groups in total. The number of aliphatic carboxylic acids is 1. The SMILES string of the molecule is O=C(O)C1CC2CCC1N2CCCC1CCCO1.